The van der Waals surface area contributed by atoms with Gasteiger partial charge in [0.15, 0.2) is 0 Å². The van der Waals surface area contributed by atoms with Crippen LogP contribution in [-0.4, -0.2) is 27.1 Å². The molecule has 2 rings (SSSR count). The van der Waals surface area contributed by atoms with E-state index >= 15 is 0 Å². The minimum Gasteiger partial charge on any atom is -0.423 e. The SMILES string of the molecule is OB(O)c1cnc2cc(Cl)ncc2c1. The molecule has 2 aromatic heterocycles. The van der Waals surface area contributed by atoms with Gasteiger partial charge in [-0.1, -0.05) is 11.6 Å². The van der Waals surface area contributed by atoms with Gasteiger partial charge in [0.1, 0.15) is 5.15 Å². The molecule has 0 aliphatic carbocycles. The van der Waals surface area contributed by atoms with Gasteiger partial charge in [0.25, 0.3) is 0 Å². The van der Waals surface area contributed by atoms with E-state index in [1.165, 1.54) is 12.4 Å². The van der Waals surface area contributed by atoms with E-state index < -0.39 is 7.12 Å². The van der Waals surface area contributed by atoms with Gasteiger partial charge in [-0.05, 0) is 6.07 Å². The van der Waals surface area contributed by atoms with Crippen molar-refractivity contribution < 1.29 is 10.0 Å². The smallest absolute Gasteiger partial charge is 0.423 e. The summed E-state index contributed by atoms with van der Waals surface area (Å²) in [6.07, 6.45) is 2.93. The summed E-state index contributed by atoms with van der Waals surface area (Å²) in [5.74, 6) is 0. The number of fused-ring (bicyclic) bond motifs is 1. The van der Waals surface area contributed by atoms with Gasteiger partial charge in [-0.2, -0.15) is 0 Å². The third-order valence-electron chi connectivity index (χ3n) is 1.85. The van der Waals surface area contributed by atoms with Crippen LogP contribution in [0.3, 0.4) is 0 Å². The number of nitrogens with zero attached hydrogens (tertiary/aromatic N) is 2. The van der Waals surface area contributed by atoms with Crippen LogP contribution in [0.2, 0.25) is 5.15 Å². The zero-order chi connectivity index (χ0) is 10.1. The van der Waals surface area contributed by atoms with E-state index in [2.05, 4.69) is 9.97 Å². The Balaban J connectivity index is 2.62. The second-order valence-electron chi connectivity index (χ2n) is 2.84. The topological polar surface area (TPSA) is 66.2 Å². The standard InChI is InChI=1S/C8H6BClN2O2/c10-8-2-7-5(3-12-8)1-6(4-11-7)9(13)14/h1-4,13-14H. The number of aromatic nitrogens is 2. The van der Waals surface area contributed by atoms with Crippen molar-refractivity contribution in [3.05, 3.63) is 29.7 Å². The zero-order valence-electron chi connectivity index (χ0n) is 7.05. The van der Waals surface area contributed by atoms with E-state index in [4.69, 9.17) is 21.6 Å². The van der Waals surface area contributed by atoms with Crippen molar-refractivity contribution >= 4 is 35.1 Å². The quantitative estimate of drug-likeness (QED) is 0.510. The second kappa shape index (κ2) is 3.53. The Bertz CT molecular complexity index is 478. The average molecular weight is 208 g/mol. The number of pyridine rings is 2. The Morgan fingerprint density at radius 1 is 1.14 bits per heavy atom. The van der Waals surface area contributed by atoms with E-state index in [0.717, 1.165) is 5.39 Å². The van der Waals surface area contributed by atoms with Crippen LogP contribution < -0.4 is 5.46 Å². The van der Waals surface area contributed by atoms with Gasteiger partial charge in [-0.3, -0.25) is 4.98 Å². The minimum atomic E-state index is -1.51. The molecule has 2 N–H and O–H groups in total. The van der Waals surface area contributed by atoms with Crippen LogP contribution in [0.25, 0.3) is 10.9 Å². The van der Waals surface area contributed by atoms with Crippen LogP contribution in [0.1, 0.15) is 0 Å². The summed E-state index contributed by atoms with van der Waals surface area (Å²) in [6.45, 7) is 0. The molecule has 70 valence electrons. The molecule has 0 radical (unpaired) electrons. The van der Waals surface area contributed by atoms with Gasteiger partial charge in [-0.15, -0.1) is 0 Å². The molecule has 0 aliphatic rings. The summed E-state index contributed by atoms with van der Waals surface area (Å²) in [4.78, 5) is 7.89. The predicted molar refractivity (Wildman–Crippen MR) is 54.4 cm³/mol. The van der Waals surface area contributed by atoms with Crippen molar-refractivity contribution in [3.63, 3.8) is 0 Å². The van der Waals surface area contributed by atoms with E-state index in [1.54, 1.807) is 12.1 Å². The molecule has 0 aromatic carbocycles. The molecular weight excluding hydrogens is 202 g/mol. The fraction of sp³-hybridized carbons (Fsp3) is 0. The molecule has 0 aliphatic heterocycles. The van der Waals surface area contributed by atoms with Gasteiger partial charge < -0.3 is 10.0 Å². The molecule has 0 unspecified atom stereocenters. The molecule has 0 atom stereocenters. The van der Waals surface area contributed by atoms with Crippen molar-refractivity contribution in [1.82, 2.24) is 9.97 Å². The Kier molecular flexibility index (Phi) is 2.37. The Hall–Kier alpha value is -1.17. The van der Waals surface area contributed by atoms with Gasteiger partial charge in [0.2, 0.25) is 0 Å². The lowest BCUT2D eigenvalue weighted by Crippen LogP contribution is -2.29. The maximum atomic E-state index is 8.91. The highest BCUT2D eigenvalue weighted by atomic mass is 35.5. The molecule has 6 heteroatoms. The summed E-state index contributed by atoms with van der Waals surface area (Å²) in [5, 5.41) is 18.9. The first-order chi connectivity index (χ1) is 6.66. The normalized spacial score (nSPS) is 10.5. The van der Waals surface area contributed by atoms with Crippen molar-refractivity contribution in [3.8, 4) is 0 Å². The lowest BCUT2D eigenvalue weighted by molar-refractivity contribution is 0.425. The minimum absolute atomic E-state index is 0.335. The fourth-order valence-electron chi connectivity index (χ4n) is 1.16. The Labute approximate surface area is 85.3 Å². The summed E-state index contributed by atoms with van der Waals surface area (Å²) in [6, 6.07) is 3.22. The molecule has 0 bridgehead atoms. The highest BCUT2D eigenvalue weighted by Crippen LogP contribution is 2.12. The van der Waals surface area contributed by atoms with Gasteiger partial charge >= 0.3 is 7.12 Å². The van der Waals surface area contributed by atoms with E-state index in [0.29, 0.717) is 16.1 Å². The lowest BCUT2D eigenvalue weighted by atomic mass is 9.81. The fourth-order valence-corrected chi connectivity index (χ4v) is 1.31. The monoisotopic (exact) mass is 208 g/mol. The van der Waals surface area contributed by atoms with E-state index in [9.17, 15) is 0 Å². The molecule has 14 heavy (non-hydrogen) atoms. The van der Waals surface area contributed by atoms with Crippen molar-refractivity contribution in [2.45, 2.75) is 0 Å². The zero-order valence-corrected chi connectivity index (χ0v) is 7.81. The molecule has 0 saturated heterocycles. The van der Waals surface area contributed by atoms with Crippen LogP contribution in [0.15, 0.2) is 24.5 Å². The Morgan fingerprint density at radius 3 is 2.64 bits per heavy atom. The average Bonchev–Trinajstić information content (AvgIpc) is 2.16. The summed E-state index contributed by atoms with van der Waals surface area (Å²) >= 11 is 5.67. The first-order valence-corrected chi connectivity index (χ1v) is 4.32. The first-order valence-electron chi connectivity index (χ1n) is 3.94. The van der Waals surface area contributed by atoms with Gasteiger partial charge in [0.05, 0.1) is 5.52 Å². The summed E-state index contributed by atoms with van der Waals surface area (Å²) < 4.78 is 0. The maximum Gasteiger partial charge on any atom is 0.490 e. The third kappa shape index (κ3) is 1.70. The molecule has 2 heterocycles. The summed E-state index contributed by atoms with van der Waals surface area (Å²) in [5.41, 5.74) is 1.01. The highest BCUT2D eigenvalue weighted by molar-refractivity contribution is 6.58. The largest absolute Gasteiger partial charge is 0.490 e. The van der Waals surface area contributed by atoms with Gasteiger partial charge in [0, 0.05) is 29.3 Å². The van der Waals surface area contributed by atoms with Crippen LogP contribution >= 0.6 is 11.6 Å². The molecule has 0 fully saturated rings. The van der Waals surface area contributed by atoms with Crippen LogP contribution in [0, 0.1) is 0 Å². The lowest BCUT2D eigenvalue weighted by Gasteiger charge is -2.01. The van der Waals surface area contributed by atoms with E-state index in [1.807, 2.05) is 0 Å². The van der Waals surface area contributed by atoms with Crippen LogP contribution in [-0.2, 0) is 0 Å². The summed E-state index contributed by atoms with van der Waals surface area (Å²) in [7, 11) is -1.51. The molecule has 0 saturated carbocycles. The van der Waals surface area contributed by atoms with Crippen LogP contribution in [0.5, 0.6) is 0 Å². The predicted octanol–water partition coefficient (Wildman–Crippen LogP) is -0.0370. The van der Waals surface area contributed by atoms with Crippen LogP contribution in [0.4, 0.5) is 0 Å². The van der Waals surface area contributed by atoms with Gasteiger partial charge in [-0.25, -0.2) is 4.98 Å². The second-order valence-corrected chi connectivity index (χ2v) is 3.23. The van der Waals surface area contributed by atoms with Crippen molar-refractivity contribution in [1.29, 1.82) is 0 Å². The third-order valence-corrected chi connectivity index (χ3v) is 2.06. The maximum absolute atomic E-state index is 8.91. The molecule has 4 nitrogen and oxygen atoms in total. The number of halogens is 1. The number of hydrogen-bond acceptors (Lipinski definition) is 4. The molecule has 0 spiro atoms. The molecule has 0 amide bonds. The van der Waals surface area contributed by atoms with Crippen molar-refractivity contribution in [2.24, 2.45) is 0 Å². The Morgan fingerprint density at radius 2 is 1.93 bits per heavy atom. The molecule has 2 aromatic rings. The molecular formula is C8H6BClN2O2. The van der Waals surface area contributed by atoms with E-state index in [-0.39, 0.29) is 0 Å². The van der Waals surface area contributed by atoms with Crippen molar-refractivity contribution in [2.75, 3.05) is 0 Å². The first kappa shape index (κ1) is 9.39. The highest BCUT2D eigenvalue weighted by Gasteiger charge is 2.11. The number of hydrogen-bond donors (Lipinski definition) is 2. The number of rotatable bonds is 1.